The lowest BCUT2D eigenvalue weighted by atomic mass is 10.3. The first-order valence-corrected chi connectivity index (χ1v) is 9.91. The number of nitrogens with zero attached hydrogens (tertiary/aromatic N) is 4. The number of ether oxygens (including phenoxy) is 1. The number of carbonyl (C=O) groups excluding carboxylic acids is 2. The summed E-state index contributed by atoms with van der Waals surface area (Å²) >= 11 is 1.35. The molecule has 1 saturated heterocycles. The second-order valence-electron chi connectivity index (χ2n) is 6.02. The molecule has 27 heavy (non-hydrogen) atoms. The molecule has 2 heterocycles. The monoisotopic (exact) mass is 389 g/mol. The highest BCUT2D eigenvalue weighted by molar-refractivity contribution is 7.99. The average Bonchev–Trinajstić information content (AvgIpc) is 3.08. The zero-order chi connectivity index (χ0) is 19.1. The third kappa shape index (κ3) is 5.30. The van der Waals surface area contributed by atoms with Gasteiger partial charge in [-0.2, -0.15) is 0 Å². The van der Waals surface area contributed by atoms with E-state index >= 15 is 0 Å². The molecule has 1 aromatic heterocycles. The topological polar surface area (TPSA) is 89.3 Å². The molecular weight excluding hydrogens is 366 g/mol. The number of hydrogen-bond acceptors (Lipinski definition) is 6. The van der Waals surface area contributed by atoms with Crippen LogP contribution in [-0.4, -0.2) is 63.5 Å². The number of amides is 2. The average molecular weight is 389 g/mol. The molecule has 0 bridgehead atoms. The third-order valence-electron chi connectivity index (χ3n) is 4.17. The largest absolute Gasteiger partial charge is 0.378 e. The van der Waals surface area contributed by atoms with Gasteiger partial charge in [0.25, 0.3) is 0 Å². The number of carbonyl (C=O) groups is 2. The Bertz CT molecular complexity index is 775. The molecule has 9 heteroatoms. The molecule has 1 N–H and O–H groups in total. The van der Waals surface area contributed by atoms with Crippen LogP contribution in [0.2, 0.25) is 0 Å². The summed E-state index contributed by atoms with van der Waals surface area (Å²) in [7, 11) is 0. The Labute approximate surface area is 162 Å². The van der Waals surface area contributed by atoms with Gasteiger partial charge in [-0.15, -0.1) is 10.2 Å². The Hall–Kier alpha value is -2.39. The van der Waals surface area contributed by atoms with Gasteiger partial charge in [-0.3, -0.25) is 9.59 Å². The van der Waals surface area contributed by atoms with Gasteiger partial charge in [-0.05, 0) is 19.1 Å². The molecule has 0 radical (unpaired) electrons. The minimum Gasteiger partial charge on any atom is -0.378 e. The fraction of sp³-hybridized carbons (Fsp3) is 0.444. The smallest absolute Gasteiger partial charge is 0.233 e. The summed E-state index contributed by atoms with van der Waals surface area (Å²) in [5.74, 6) is 0.808. The number of anilines is 1. The predicted molar refractivity (Wildman–Crippen MR) is 103 cm³/mol. The van der Waals surface area contributed by atoms with E-state index in [1.165, 1.54) is 11.8 Å². The van der Waals surface area contributed by atoms with Gasteiger partial charge in [0.1, 0.15) is 5.82 Å². The number of hydrogen-bond donors (Lipinski definition) is 1. The third-order valence-corrected chi connectivity index (χ3v) is 5.13. The summed E-state index contributed by atoms with van der Waals surface area (Å²) in [6.45, 7) is 5.03. The van der Waals surface area contributed by atoms with E-state index in [0.29, 0.717) is 49.6 Å². The van der Waals surface area contributed by atoms with E-state index in [0.717, 1.165) is 5.69 Å². The Morgan fingerprint density at radius 2 is 1.93 bits per heavy atom. The van der Waals surface area contributed by atoms with Crippen molar-refractivity contribution in [1.82, 2.24) is 19.7 Å². The Morgan fingerprint density at radius 1 is 1.19 bits per heavy atom. The second kappa shape index (κ2) is 9.52. The lowest BCUT2D eigenvalue weighted by molar-refractivity contribution is -0.132. The fourth-order valence-electron chi connectivity index (χ4n) is 2.77. The van der Waals surface area contributed by atoms with E-state index in [9.17, 15) is 9.59 Å². The van der Waals surface area contributed by atoms with Gasteiger partial charge in [-0.1, -0.05) is 30.0 Å². The summed E-state index contributed by atoms with van der Waals surface area (Å²) in [6, 6.07) is 9.29. The molecule has 3 rings (SSSR count). The van der Waals surface area contributed by atoms with Gasteiger partial charge < -0.3 is 19.5 Å². The zero-order valence-electron chi connectivity index (χ0n) is 15.3. The lowest BCUT2D eigenvalue weighted by Crippen LogP contribution is -2.41. The molecule has 1 aromatic carbocycles. The van der Waals surface area contributed by atoms with Gasteiger partial charge in [-0.25, -0.2) is 0 Å². The van der Waals surface area contributed by atoms with Crippen molar-refractivity contribution in [3.05, 3.63) is 36.2 Å². The van der Waals surface area contributed by atoms with Crippen molar-refractivity contribution in [2.45, 2.75) is 25.0 Å². The maximum Gasteiger partial charge on any atom is 0.233 e. The van der Waals surface area contributed by atoms with E-state index in [-0.39, 0.29) is 18.2 Å². The Kier molecular flexibility index (Phi) is 6.83. The molecule has 144 valence electrons. The van der Waals surface area contributed by atoms with Crippen molar-refractivity contribution in [3.63, 3.8) is 0 Å². The molecule has 2 amide bonds. The maximum atomic E-state index is 12.3. The lowest BCUT2D eigenvalue weighted by Gasteiger charge is -2.26. The maximum absolute atomic E-state index is 12.3. The molecule has 1 aliphatic heterocycles. The van der Waals surface area contributed by atoms with Crippen LogP contribution >= 0.6 is 11.8 Å². The van der Waals surface area contributed by atoms with E-state index in [1.54, 1.807) is 4.90 Å². The molecule has 0 spiro atoms. The molecule has 0 unspecified atom stereocenters. The van der Waals surface area contributed by atoms with Crippen LogP contribution in [-0.2, 0) is 27.3 Å². The van der Waals surface area contributed by atoms with Crippen molar-refractivity contribution in [1.29, 1.82) is 0 Å². The van der Waals surface area contributed by atoms with Crippen molar-refractivity contribution in [2.24, 2.45) is 0 Å². The fourth-order valence-corrected chi connectivity index (χ4v) is 3.70. The highest BCUT2D eigenvalue weighted by atomic mass is 32.2. The van der Waals surface area contributed by atoms with Crippen LogP contribution < -0.4 is 5.32 Å². The highest BCUT2D eigenvalue weighted by Gasteiger charge is 2.20. The minimum atomic E-state index is -0.149. The first kappa shape index (κ1) is 19.4. The molecule has 0 atom stereocenters. The van der Waals surface area contributed by atoms with Crippen LogP contribution in [0.1, 0.15) is 12.7 Å². The van der Waals surface area contributed by atoms with E-state index in [1.807, 2.05) is 41.8 Å². The standard InChI is InChI=1S/C18H23N5O3S/c1-2-23-15(12-16(24)19-14-6-4-3-5-7-14)20-21-18(23)27-13-17(25)22-8-10-26-11-9-22/h3-7H,2,8-13H2,1H3,(H,19,24). The second-order valence-corrected chi connectivity index (χ2v) is 6.96. The van der Waals surface area contributed by atoms with Crippen LogP contribution in [0.15, 0.2) is 35.5 Å². The highest BCUT2D eigenvalue weighted by Crippen LogP contribution is 2.18. The number of nitrogens with one attached hydrogen (secondary N) is 1. The van der Waals surface area contributed by atoms with Crippen molar-refractivity contribution < 1.29 is 14.3 Å². The summed E-state index contributed by atoms with van der Waals surface area (Å²) in [5.41, 5.74) is 0.746. The molecule has 8 nitrogen and oxygen atoms in total. The van der Waals surface area contributed by atoms with Crippen LogP contribution in [0, 0.1) is 0 Å². The van der Waals surface area contributed by atoms with Gasteiger partial charge in [0.15, 0.2) is 5.16 Å². The summed E-state index contributed by atoms with van der Waals surface area (Å²) in [4.78, 5) is 26.3. The van der Waals surface area contributed by atoms with Crippen molar-refractivity contribution >= 4 is 29.3 Å². The number of benzene rings is 1. The first-order valence-electron chi connectivity index (χ1n) is 8.92. The van der Waals surface area contributed by atoms with Crippen molar-refractivity contribution in [3.8, 4) is 0 Å². The van der Waals surface area contributed by atoms with Crippen LogP contribution in [0.3, 0.4) is 0 Å². The molecule has 0 saturated carbocycles. The number of morpholine rings is 1. The molecule has 2 aromatic rings. The van der Waals surface area contributed by atoms with E-state index in [4.69, 9.17) is 4.74 Å². The summed E-state index contributed by atoms with van der Waals surface area (Å²) in [5, 5.41) is 11.8. The summed E-state index contributed by atoms with van der Waals surface area (Å²) in [6.07, 6.45) is 0.133. The van der Waals surface area contributed by atoms with Gasteiger partial charge in [0, 0.05) is 25.3 Å². The van der Waals surface area contributed by atoms with Crippen molar-refractivity contribution in [2.75, 3.05) is 37.4 Å². The van der Waals surface area contributed by atoms with E-state index < -0.39 is 0 Å². The first-order chi connectivity index (χ1) is 13.2. The van der Waals surface area contributed by atoms with Crippen LogP contribution in [0.4, 0.5) is 5.69 Å². The quantitative estimate of drug-likeness (QED) is 0.721. The number of thioether (sulfide) groups is 1. The number of para-hydroxylation sites is 1. The van der Waals surface area contributed by atoms with E-state index in [2.05, 4.69) is 15.5 Å². The minimum absolute atomic E-state index is 0.0670. The molecule has 1 fully saturated rings. The van der Waals surface area contributed by atoms with Crippen LogP contribution in [0.25, 0.3) is 0 Å². The predicted octanol–water partition coefficient (Wildman–Crippen LogP) is 1.43. The number of aromatic nitrogens is 3. The summed E-state index contributed by atoms with van der Waals surface area (Å²) < 4.78 is 7.14. The Morgan fingerprint density at radius 3 is 2.63 bits per heavy atom. The van der Waals surface area contributed by atoms with Gasteiger partial charge in [0.05, 0.1) is 25.4 Å². The molecular formula is C18H23N5O3S. The molecule has 0 aliphatic carbocycles. The van der Waals surface area contributed by atoms with Gasteiger partial charge >= 0.3 is 0 Å². The zero-order valence-corrected chi connectivity index (χ0v) is 16.1. The van der Waals surface area contributed by atoms with Gasteiger partial charge in [0.2, 0.25) is 11.8 Å². The normalized spacial score (nSPS) is 14.2. The Balaban J connectivity index is 1.57. The molecule has 1 aliphatic rings. The number of rotatable bonds is 7. The SMILES string of the molecule is CCn1c(CC(=O)Nc2ccccc2)nnc1SCC(=O)N1CCOCC1. The van der Waals surface area contributed by atoms with Crippen LogP contribution in [0.5, 0.6) is 0 Å².